The van der Waals surface area contributed by atoms with Crippen LogP contribution in [0.15, 0.2) is 85.1 Å². The molecule has 0 saturated heterocycles. The molecule has 9 heteroatoms. The second-order valence-corrected chi connectivity index (χ2v) is 17.8. The Hall–Kier alpha value is -2.32. The first-order chi connectivity index (χ1) is 28.6. The van der Waals surface area contributed by atoms with E-state index in [1.807, 2.05) is 21.1 Å². The molecule has 0 radical (unpaired) electrons. The predicted molar refractivity (Wildman–Crippen MR) is 249 cm³/mol. The Bertz CT molecular complexity index is 1210. The maximum Gasteiger partial charge on any atom is 0.306 e. The molecule has 2 unspecified atom stereocenters. The number of unbranched alkanes of at least 4 members (excludes halogenated alkanes) is 14. The number of ether oxygens (including phenoxy) is 2. The maximum absolute atomic E-state index is 12.7. The molecule has 0 amide bonds. The van der Waals surface area contributed by atoms with Crippen LogP contribution in [0.25, 0.3) is 0 Å². The third-order valence-electron chi connectivity index (χ3n) is 9.44. The minimum absolute atomic E-state index is 0.0154. The van der Waals surface area contributed by atoms with Crippen molar-refractivity contribution in [2.24, 2.45) is 0 Å². The van der Waals surface area contributed by atoms with Crippen LogP contribution < -0.4 is 4.89 Å². The summed E-state index contributed by atoms with van der Waals surface area (Å²) in [7, 11) is 1.32. The van der Waals surface area contributed by atoms with E-state index in [2.05, 4.69) is 98.9 Å². The standard InChI is InChI=1S/C50H88NO7P/c1-6-8-10-12-14-16-18-20-21-22-23-24-25-26-27-28-29-30-32-34-36-38-40-42-45-55-47-49(48-57-59(53,54)56-46-44-51(3,4)5)58-50(52)43-41-39-37-35-33-31-19-17-15-13-11-9-7-2/h8-11,14-17,20-21,23-24,31,33,49H,6-7,12-13,18-19,22,25-30,32,34-48H2,1-5H3/b10-8-,11-9-,16-14-,17-15-,21-20-,24-23-,33-31-. The van der Waals surface area contributed by atoms with Crippen molar-refractivity contribution in [1.29, 1.82) is 0 Å². The Morgan fingerprint density at radius 2 is 0.932 bits per heavy atom. The van der Waals surface area contributed by atoms with E-state index in [4.69, 9.17) is 18.5 Å². The SMILES string of the molecule is CC/C=C\C/C=C\C/C=C\C/C=C\CCCCCCCCCCCCCOCC(COP(=O)([O-])OCC[N+](C)(C)C)OC(=O)CCCCC/C=C\C/C=C\C/C=C\CC. The second kappa shape index (κ2) is 42.4. The molecular weight excluding hydrogens is 758 g/mol. The minimum atomic E-state index is -4.54. The van der Waals surface area contributed by atoms with Gasteiger partial charge in [0.1, 0.15) is 19.3 Å². The lowest BCUT2D eigenvalue weighted by Gasteiger charge is -2.28. The lowest BCUT2D eigenvalue weighted by Crippen LogP contribution is -2.37. The number of carbonyl (C=O) groups is 1. The average Bonchev–Trinajstić information content (AvgIpc) is 3.19. The predicted octanol–water partition coefficient (Wildman–Crippen LogP) is 13.4. The molecule has 0 aliphatic heterocycles. The smallest absolute Gasteiger partial charge is 0.306 e. The summed E-state index contributed by atoms with van der Waals surface area (Å²) in [6.07, 6.45) is 56.1. The Labute approximate surface area is 363 Å². The number of likely N-dealkylation sites (N-methyl/N-ethyl adjacent to an activating group) is 1. The molecule has 0 aliphatic carbocycles. The van der Waals surface area contributed by atoms with Crippen molar-refractivity contribution >= 4 is 13.8 Å². The first-order valence-corrected chi connectivity index (χ1v) is 24.8. The summed E-state index contributed by atoms with van der Waals surface area (Å²) in [5, 5.41) is 0. The Morgan fingerprint density at radius 3 is 1.39 bits per heavy atom. The highest BCUT2D eigenvalue weighted by molar-refractivity contribution is 7.45. The van der Waals surface area contributed by atoms with Gasteiger partial charge in [-0.05, 0) is 83.5 Å². The van der Waals surface area contributed by atoms with Gasteiger partial charge >= 0.3 is 5.97 Å². The average molecular weight is 846 g/mol. The number of hydrogen-bond acceptors (Lipinski definition) is 7. The van der Waals surface area contributed by atoms with Gasteiger partial charge in [0.2, 0.25) is 0 Å². The third kappa shape index (κ3) is 46.6. The summed E-state index contributed by atoms with van der Waals surface area (Å²) < 4.78 is 34.6. The van der Waals surface area contributed by atoms with Crippen LogP contribution in [0.1, 0.15) is 168 Å². The molecule has 0 bridgehead atoms. The van der Waals surface area contributed by atoms with Crippen molar-refractivity contribution < 1.29 is 37.3 Å². The van der Waals surface area contributed by atoms with Gasteiger partial charge in [-0.1, -0.05) is 163 Å². The van der Waals surface area contributed by atoms with Gasteiger partial charge in [0.25, 0.3) is 7.82 Å². The quantitative estimate of drug-likeness (QED) is 0.0199. The van der Waals surface area contributed by atoms with Crippen molar-refractivity contribution in [1.82, 2.24) is 0 Å². The molecule has 0 aromatic carbocycles. The fourth-order valence-corrected chi connectivity index (χ4v) is 6.63. The van der Waals surface area contributed by atoms with Crippen LogP contribution in [-0.4, -0.2) is 70.7 Å². The zero-order valence-electron chi connectivity index (χ0n) is 38.4. The van der Waals surface area contributed by atoms with Crippen LogP contribution in [-0.2, 0) is 27.9 Å². The number of phosphoric ester groups is 1. The molecular formula is C50H88NO7P. The fourth-order valence-electron chi connectivity index (χ4n) is 5.90. The van der Waals surface area contributed by atoms with Crippen molar-refractivity contribution in [2.75, 3.05) is 54.1 Å². The largest absolute Gasteiger partial charge is 0.756 e. The van der Waals surface area contributed by atoms with Crippen LogP contribution in [0.2, 0.25) is 0 Å². The molecule has 0 aromatic rings. The zero-order chi connectivity index (χ0) is 43.4. The van der Waals surface area contributed by atoms with Crippen LogP contribution >= 0.6 is 7.82 Å². The van der Waals surface area contributed by atoms with Gasteiger partial charge in [0, 0.05) is 13.0 Å². The van der Waals surface area contributed by atoms with E-state index in [9.17, 15) is 14.3 Å². The van der Waals surface area contributed by atoms with Gasteiger partial charge in [0.05, 0.1) is 34.4 Å². The minimum Gasteiger partial charge on any atom is -0.756 e. The molecule has 0 aliphatic rings. The molecule has 2 atom stereocenters. The van der Waals surface area contributed by atoms with Crippen molar-refractivity contribution in [3.63, 3.8) is 0 Å². The Balaban J connectivity index is 4.17. The topological polar surface area (TPSA) is 94.1 Å². The number of rotatable bonds is 42. The molecule has 0 spiro atoms. The van der Waals surface area contributed by atoms with Crippen LogP contribution in [0, 0.1) is 0 Å². The van der Waals surface area contributed by atoms with Gasteiger partial charge in [-0.25, -0.2) is 0 Å². The van der Waals surface area contributed by atoms with E-state index in [-0.39, 0.29) is 32.2 Å². The number of quaternary nitrogens is 1. The number of esters is 1. The highest BCUT2D eigenvalue weighted by atomic mass is 31.2. The molecule has 340 valence electrons. The van der Waals surface area contributed by atoms with E-state index >= 15 is 0 Å². The normalized spacial score (nSPS) is 14.5. The van der Waals surface area contributed by atoms with E-state index in [1.54, 1.807) is 0 Å². The van der Waals surface area contributed by atoms with E-state index in [0.29, 0.717) is 24.1 Å². The fraction of sp³-hybridized carbons (Fsp3) is 0.700. The molecule has 0 fully saturated rings. The van der Waals surface area contributed by atoms with Gasteiger partial charge in [-0.3, -0.25) is 9.36 Å². The molecule has 0 rings (SSSR count). The molecule has 8 nitrogen and oxygen atoms in total. The van der Waals surface area contributed by atoms with Crippen molar-refractivity contribution in [3.8, 4) is 0 Å². The Morgan fingerprint density at radius 1 is 0.525 bits per heavy atom. The maximum atomic E-state index is 12.7. The van der Waals surface area contributed by atoms with E-state index < -0.39 is 13.9 Å². The summed E-state index contributed by atoms with van der Waals surface area (Å²) in [6, 6.07) is 0. The first kappa shape index (κ1) is 56.7. The molecule has 0 N–H and O–H groups in total. The van der Waals surface area contributed by atoms with Gasteiger partial charge in [-0.15, -0.1) is 0 Å². The van der Waals surface area contributed by atoms with Crippen molar-refractivity contribution in [3.05, 3.63) is 85.1 Å². The molecule has 59 heavy (non-hydrogen) atoms. The first-order valence-electron chi connectivity index (χ1n) is 23.3. The summed E-state index contributed by atoms with van der Waals surface area (Å²) in [6.45, 7) is 5.12. The highest BCUT2D eigenvalue weighted by Crippen LogP contribution is 2.38. The van der Waals surface area contributed by atoms with E-state index in [1.165, 1.54) is 64.2 Å². The summed E-state index contributed by atoms with van der Waals surface area (Å²) in [5.41, 5.74) is 0. The summed E-state index contributed by atoms with van der Waals surface area (Å²) in [4.78, 5) is 25.0. The van der Waals surface area contributed by atoms with Crippen LogP contribution in [0.4, 0.5) is 0 Å². The van der Waals surface area contributed by atoms with Crippen LogP contribution in [0.3, 0.4) is 0 Å². The molecule has 0 saturated carbocycles. The van der Waals surface area contributed by atoms with Gasteiger partial charge < -0.3 is 27.9 Å². The lowest BCUT2D eigenvalue weighted by atomic mass is 10.1. The number of carbonyl (C=O) groups excluding carboxylic acids is 1. The highest BCUT2D eigenvalue weighted by Gasteiger charge is 2.20. The number of phosphoric acid groups is 1. The Kier molecular flexibility index (Phi) is 40.7. The monoisotopic (exact) mass is 846 g/mol. The lowest BCUT2D eigenvalue weighted by molar-refractivity contribution is -0.870. The summed E-state index contributed by atoms with van der Waals surface area (Å²) >= 11 is 0. The third-order valence-corrected chi connectivity index (χ3v) is 10.4. The number of hydrogen-bond donors (Lipinski definition) is 0. The van der Waals surface area contributed by atoms with Gasteiger partial charge in [-0.2, -0.15) is 0 Å². The zero-order valence-corrected chi connectivity index (χ0v) is 39.3. The van der Waals surface area contributed by atoms with Crippen molar-refractivity contribution in [2.45, 2.75) is 174 Å². The van der Waals surface area contributed by atoms with Gasteiger partial charge in [0.15, 0.2) is 0 Å². The number of nitrogens with zero attached hydrogens (tertiary/aromatic N) is 1. The molecule has 0 heterocycles. The second-order valence-electron chi connectivity index (χ2n) is 16.3. The summed E-state index contributed by atoms with van der Waals surface area (Å²) in [5.74, 6) is -0.367. The van der Waals surface area contributed by atoms with Crippen LogP contribution in [0.5, 0.6) is 0 Å². The number of allylic oxidation sites excluding steroid dienone is 14. The molecule has 0 aromatic heterocycles. The van der Waals surface area contributed by atoms with E-state index in [0.717, 1.165) is 77.0 Å².